The maximum Gasteiger partial charge on any atom is 0.321 e. The van der Waals surface area contributed by atoms with Crippen molar-refractivity contribution in [3.63, 3.8) is 0 Å². The third-order valence-electron chi connectivity index (χ3n) is 4.29. The van der Waals surface area contributed by atoms with Gasteiger partial charge in [0, 0.05) is 12.1 Å². The number of rotatable bonds is 6. The molecule has 0 aliphatic heterocycles. The van der Waals surface area contributed by atoms with Crippen molar-refractivity contribution in [1.82, 2.24) is 20.8 Å². The summed E-state index contributed by atoms with van der Waals surface area (Å²) in [5.41, 5.74) is 3.84. The van der Waals surface area contributed by atoms with Gasteiger partial charge in [-0.3, -0.25) is 10.1 Å². The summed E-state index contributed by atoms with van der Waals surface area (Å²) >= 11 is 1.10. The molecule has 0 aliphatic rings. The van der Waals surface area contributed by atoms with Gasteiger partial charge < -0.3 is 9.73 Å². The van der Waals surface area contributed by atoms with Gasteiger partial charge in [0.2, 0.25) is 11.8 Å². The second kappa shape index (κ2) is 9.38. The van der Waals surface area contributed by atoms with Crippen molar-refractivity contribution in [3.05, 3.63) is 65.2 Å². The Morgan fingerprint density at radius 1 is 1.07 bits per heavy atom. The van der Waals surface area contributed by atoms with E-state index in [1.165, 1.54) is 5.56 Å². The van der Waals surface area contributed by atoms with Crippen LogP contribution >= 0.6 is 11.8 Å². The van der Waals surface area contributed by atoms with Crippen LogP contribution in [0.25, 0.3) is 11.5 Å². The first kappa shape index (κ1) is 20.6. The van der Waals surface area contributed by atoms with E-state index in [1.54, 1.807) is 6.92 Å². The largest absolute Gasteiger partial charge is 0.411 e. The van der Waals surface area contributed by atoms with E-state index >= 15 is 0 Å². The summed E-state index contributed by atoms with van der Waals surface area (Å²) in [6.07, 6.45) is 0. The number of urea groups is 1. The molecule has 2 aromatic carbocycles. The summed E-state index contributed by atoms with van der Waals surface area (Å²) in [6, 6.07) is 14.5. The van der Waals surface area contributed by atoms with Gasteiger partial charge in [0.1, 0.15) is 5.25 Å². The zero-order chi connectivity index (χ0) is 20.8. The number of aryl methyl sites for hydroxylation is 2. The molecule has 1 heterocycles. The lowest BCUT2D eigenvalue weighted by Crippen LogP contribution is -2.41. The van der Waals surface area contributed by atoms with Crippen LogP contribution in [0.4, 0.5) is 4.79 Å². The number of benzene rings is 2. The van der Waals surface area contributed by atoms with Crippen molar-refractivity contribution in [2.24, 2.45) is 0 Å². The average molecular weight is 410 g/mol. The van der Waals surface area contributed by atoms with E-state index < -0.39 is 17.2 Å². The van der Waals surface area contributed by atoms with E-state index in [-0.39, 0.29) is 5.22 Å². The molecule has 150 valence electrons. The summed E-state index contributed by atoms with van der Waals surface area (Å²) in [4.78, 5) is 24.5. The van der Waals surface area contributed by atoms with Crippen LogP contribution in [0.2, 0.25) is 0 Å². The molecule has 2 N–H and O–H groups in total. The van der Waals surface area contributed by atoms with Crippen LogP contribution in [-0.4, -0.2) is 28.7 Å². The Bertz CT molecular complexity index is 1000. The predicted octanol–water partition coefficient (Wildman–Crippen LogP) is 4.03. The molecule has 0 fully saturated rings. The van der Waals surface area contributed by atoms with Crippen LogP contribution < -0.4 is 10.6 Å². The first-order valence-electron chi connectivity index (χ1n) is 9.19. The molecule has 29 heavy (non-hydrogen) atoms. The Balaban J connectivity index is 1.82. The molecule has 8 heteroatoms. The molecule has 3 amide bonds. The summed E-state index contributed by atoms with van der Waals surface area (Å²) < 4.78 is 5.78. The third kappa shape index (κ3) is 5.23. The van der Waals surface area contributed by atoms with E-state index in [0.717, 1.165) is 28.5 Å². The van der Waals surface area contributed by atoms with Gasteiger partial charge in [0.05, 0.1) is 0 Å². The number of hydrogen-bond donors (Lipinski definition) is 2. The van der Waals surface area contributed by atoms with Crippen LogP contribution in [0.15, 0.2) is 58.2 Å². The SMILES string of the molecule is CCNC(=O)NC(=O)[C@@H](Sc1nnc(-c2ccc(C)c(C)c2)o1)c1ccccc1. The average Bonchev–Trinajstić information content (AvgIpc) is 3.17. The number of nitrogens with zero attached hydrogens (tertiary/aromatic N) is 2. The van der Waals surface area contributed by atoms with Crippen molar-refractivity contribution >= 4 is 23.7 Å². The summed E-state index contributed by atoms with van der Waals surface area (Å²) in [5.74, 6) is -0.0790. The Morgan fingerprint density at radius 2 is 1.83 bits per heavy atom. The minimum atomic E-state index is -0.716. The normalized spacial score (nSPS) is 11.7. The van der Waals surface area contributed by atoms with E-state index in [4.69, 9.17) is 4.42 Å². The zero-order valence-corrected chi connectivity index (χ0v) is 17.2. The van der Waals surface area contributed by atoms with Crippen LogP contribution in [0.3, 0.4) is 0 Å². The summed E-state index contributed by atoms with van der Waals surface area (Å²) in [6.45, 7) is 6.25. The quantitative estimate of drug-likeness (QED) is 0.596. The summed E-state index contributed by atoms with van der Waals surface area (Å²) in [5, 5.41) is 12.6. The molecule has 0 spiro atoms. The minimum absolute atomic E-state index is 0.248. The molecule has 0 radical (unpaired) electrons. The second-order valence-electron chi connectivity index (χ2n) is 6.43. The van der Waals surface area contributed by atoms with E-state index in [2.05, 4.69) is 20.8 Å². The minimum Gasteiger partial charge on any atom is -0.411 e. The molecule has 3 rings (SSSR count). The van der Waals surface area contributed by atoms with Crippen LogP contribution in [0.1, 0.15) is 28.9 Å². The number of hydrogen-bond acceptors (Lipinski definition) is 6. The van der Waals surface area contributed by atoms with Gasteiger partial charge in [-0.1, -0.05) is 36.4 Å². The van der Waals surface area contributed by atoms with Gasteiger partial charge in [0.25, 0.3) is 5.22 Å². The Labute approximate surface area is 173 Å². The molecule has 7 nitrogen and oxygen atoms in total. The predicted molar refractivity (Wildman–Crippen MR) is 111 cm³/mol. The van der Waals surface area contributed by atoms with E-state index in [9.17, 15) is 9.59 Å². The highest BCUT2D eigenvalue weighted by molar-refractivity contribution is 8.00. The van der Waals surface area contributed by atoms with Crippen LogP contribution in [0, 0.1) is 13.8 Å². The summed E-state index contributed by atoms with van der Waals surface area (Å²) in [7, 11) is 0. The third-order valence-corrected chi connectivity index (χ3v) is 5.38. The van der Waals surface area contributed by atoms with Gasteiger partial charge in [-0.2, -0.15) is 0 Å². The number of nitrogens with one attached hydrogen (secondary N) is 2. The fraction of sp³-hybridized carbons (Fsp3) is 0.238. The molecule has 0 bridgehead atoms. The number of carbonyl (C=O) groups excluding carboxylic acids is 2. The lowest BCUT2D eigenvalue weighted by Gasteiger charge is -2.14. The molecular formula is C21H22N4O3S. The second-order valence-corrected chi connectivity index (χ2v) is 7.49. The number of thioether (sulfide) groups is 1. The lowest BCUT2D eigenvalue weighted by atomic mass is 10.1. The van der Waals surface area contributed by atoms with Crippen LogP contribution in [-0.2, 0) is 4.79 Å². The van der Waals surface area contributed by atoms with Gasteiger partial charge in [0.15, 0.2) is 0 Å². The fourth-order valence-corrected chi connectivity index (χ4v) is 3.51. The Kier molecular flexibility index (Phi) is 6.66. The fourth-order valence-electron chi connectivity index (χ4n) is 2.63. The first-order chi connectivity index (χ1) is 14.0. The number of aromatic nitrogens is 2. The van der Waals surface area contributed by atoms with Crippen molar-refractivity contribution in [2.45, 2.75) is 31.2 Å². The molecular weight excluding hydrogens is 388 g/mol. The maximum absolute atomic E-state index is 12.7. The van der Waals surface area contributed by atoms with Crippen molar-refractivity contribution in [3.8, 4) is 11.5 Å². The van der Waals surface area contributed by atoms with E-state index in [1.807, 2.05) is 62.4 Å². The standard InChI is InChI=1S/C21H22N4O3S/c1-4-22-20(27)23-18(26)17(15-8-6-5-7-9-15)29-21-25-24-19(28-21)16-11-10-13(2)14(3)12-16/h5-12,17H,4H2,1-3H3,(H2,22,23,26,27)/t17-/m0/s1. The van der Waals surface area contributed by atoms with Gasteiger partial charge >= 0.3 is 6.03 Å². The van der Waals surface area contributed by atoms with Gasteiger partial charge in [-0.15, -0.1) is 10.2 Å². The number of imide groups is 1. The maximum atomic E-state index is 12.7. The number of carbonyl (C=O) groups is 2. The van der Waals surface area contributed by atoms with Gasteiger partial charge in [-0.05, 0) is 61.4 Å². The monoisotopic (exact) mass is 410 g/mol. The molecule has 0 saturated carbocycles. The van der Waals surface area contributed by atoms with Gasteiger partial charge in [-0.25, -0.2) is 4.79 Å². The highest BCUT2D eigenvalue weighted by Gasteiger charge is 2.26. The Morgan fingerprint density at radius 3 is 2.52 bits per heavy atom. The lowest BCUT2D eigenvalue weighted by molar-refractivity contribution is -0.119. The van der Waals surface area contributed by atoms with Crippen molar-refractivity contribution in [2.75, 3.05) is 6.54 Å². The highest BCUT2D eigenvalue weighted by atomic mass is 32.2. The van der Waals surface area contributed by atoms with E-state index in [0.29, 0.717) is 12.4 Å². The number of amides is 3. The molecule has 0 aliphatic carbocycles. The topological polar surface area (TPSA) is 97.1 Å². The molecule has 3 aromatic rings. The molecule has 1 aromatic heterocycles. The smallest absolute Gasteiger partial charge is 0.321 e. The highest BCUT2D eigenvalue weighted by Crippen LogP contribution is 2.36. The Hall–Kier alpha value is -3.13. The molecule has 0 saturated heterocycles. The van der Waals surface area contributed by atoms with Crippen LogP contribution in [0.5, 0.6) is 0 Å². The molecule has 0 unspecified atom stereocenters. The van der Waals surface area contributed by atoms with Crippen molar-refractivity contribution in [1.29, 1.82) is 0 Å². The zero-order valence-electron chi connectivity index (χ0n) is 16.4. The molecule has 1 atom stereocenters. The first-order valence-corrected chi connectivity index (χ1v) is 10.1. The van der Waals surface area contributed by atoms with Crippen molar-refractivity contribution < 1.29 is 14.0 Å².